The highest BCUT2D eigenvalue weighted by molar-refractivity contribution is 7.98. The van der Waals surface area contributed by atoms with Crippen LogP contribution >= 0.6 is 11.8 Å². The molecule has 8 nitrogen and oxygen atoms in total. The Morgan fingerprint density at radius 3 is 2.76 bits per heavy atom. The number of amides is 4. The fourth-order valence-corrected chi connectivity index (χ4v) is 4.95. The number of benzene rings is 1. The molecule has 2 heterocycles. The smallest absolute Gasteiger partial charge is 0.341 e. The number of carbonyl (C=O) groups excluding carboxylic acids is 2. The fraction of sp³-hybridized carbons (Fsp3) is 0.467. The molecule has 3 rings (SSSR count). The van der Waals surface area contributed by atoms with E-state index in [9.17, 15) is 23.1 Å². The first-order valence-corrected chi connectivity index (χ1v) is 10.7. The van der Waals surface area contributed by atoms with Gasteiger partial charge in [0.15, 0.2) is 0 Å². The summed E-state index contributed by atoms with van der Waals surface area (Å²) in [6.07, 6.45) is 0.922. The fourth-order valence-electron chi connectivity index (χ4n) is 2.98. The third-order valence-corrected chi connectivity index (χ3v) is 6.60. The highest BCUT2D eigenvalue weighted by atomic mass is 32.2. The average molecular weight is 385 g/mol. The van der Waals surface area contributed by atoms with Gasteiger partial charge in [0, 0.05) is 11.5 Å². The molecule has 0 saturated carbocycles. The molecule has 1 aromatic rings. The van der Waals surface area contributed by atoms with Crippen molar-refractivity contribution in [3.8, 4) is 0 Å². The number of hydrogen-bond acceptors (Lipinski definition) is 6. The molecule has 1 atom stereocenters. The number of nitrogens with one attached hydrogen (secondary N) is 1. The highest BCUT2D eigenvalue weighted by Crippen LogP contribution is 2.35. The van der Waals surface area contributed by atoms with Crippen LogP contribution in [0.15, 0.2) is 24.3 Å². The van der Waals surface area contributed by atoms with E-state index in [1.165, 1.54) is 0 Å². The molecule has 1 fully saturated rings. The lowest BCUT2D eigenvalue weighted by molar-refractivity contribution is 0.0613. The van der Waals surface area contributed by atoms with Gasteiger partial charge < -0.3 is 10.4 Å². The number of rotatable bonds is 3. The third-order valence-electron chi connectivity index (χ3n) is 4.27. The Morgan fingerprint density at radius 2 is 2.08 bits per heavy atom. The minimum atomic E-state index is -3.70. The van der Waals surface area contributed by atoms with Gasteiger partial charge in [0.25, 0.3) is 0 Å². The molecule has 0 spiro atoms. The monoisotopic (exact) mass is 385 g/mol. The number of nitrogens with zero attached hydrogens (tertiary/aromatic N) is 2. The Balaban J connectivity index is 1.69. The average Bonchev–Trinajstić information content (AvgIpc) is 2.95. The largest absolute Gasteiger partial charge is 0.382 e. The predicted octanol–water partition coefficient (Wildman–Crippen LogP) is 0.528. The van der Waals surface area contributed by atoms with Crippen LogP contribution in [-0.2, 0) is 21.4 Å². The maximum absolute atomic E-state index is 12.3. The minimum Gasteiger partial charge on any atom is -0.382 e. The second kappa shape index (κ2) is 6.50. The van der Waals surface area contributed by atoms with Crippen molar-refractivity contribution in [2.45, 2.75) is 11.4 Å². The first-order chi connectivity index (χ1) is 11.7. The van der Waals surface area contributed by atoms with Crippen LogP contribution in [0.2, 0.25) is 0 Å². The zero-order valence-corrected chi connectivity index (χ0v) is 15.3. The normalized spacial score (nSPS) is 23.5. The van der Waals surface area contributed by atoms with E-state index in [1.54, 1.807) is 11.8 Å². The Labute approximate surface area is 150 Å². The van der Waals surface area contributed by atoms with Crippen LogP contribution in [0, 0.1) is 0 Å². The minimum absolute atomic E-state index is 0.0124. The summed E-state index contributed by atoms with van der Waals surface area (Å²) in [6.45, 7) is -0.131. The van der Waals surface area contributed by atoms with Crippen LogP contribution in [0.1, 0.15) is 11.1 Å². The van der Waals surface area contributed by atoms with Gasteiger partial charge in [0.1, 0.15) is 5.60 Å². The van der Waals surface area contributed by atoms with E-state index < -0.39 is 27.7 Å². The maximum atomic E-state index is 12.3. The van der Waals surface area contributed by atoms with Gasteiger partial charge in [-0.2, -0.15) is 11.8 Å². The Morgan fingerprint density at radius 1 is 1.36 bits per heavy atom. The van der Waals surface area contributed by atoms with Gasteiger partial charge in [0.05, 0.1) is 25.9 Å². The van der Waals surface area contributed by atoms with E-state index in [4.69, 9.17) is 0 Å². The lowest BCUT2D eigenvalue weighted by Gasteiger charge is -2.34. The Hall–Kier alpha value is -1.78. The number of hydrogen-bond donors (Lipinski definition) is 2. The van der Waals surface area contributed by atoms with Crippen molar-refractivity contribution in [1.82, 2.24) is 14.5 Å². The topological polar surface area (TPSA) is 107 Å². The summed E-state index contributed by atoms with van der Waals surface area (Å²) in [5.74, 6) is 1.22. The summed E-state index contributed by atoms with van der Waals surface area (Å²) in [5.41, 5.74) is 0.546. The van der Waals surface area contributed by atoms with Gasteiger partial charge in [0.2, 0.25) is 10.0 Å². The van der Waals surface area contributed by atoms with Gasteiger partial charge in [-0.25, -0.2) is 27.2 Å². The molecule has 2 aliphatic rings. The summed E-state index contributed by atoms with van der Waals surface area (Å²) in [7, 11) is -3.70. The summed E-state index contributed by atoms with van der Waals surface area (Å²) in [5, 5.41) is 13.5. The molecule has 136 valence electrons. The first-order valence-electron chi connectivity index (χ1n) is 7.68. The summed E-state index contributed by atoms with van der Waals surface area (Å²) in [4.78, 5) is 25.2. The van der Waals surface area contributed by atoms with Gasteiger partial charge >= 0.3 is 12.1 Å². The van der Waals surface area contributed by atoms with Crippen molar-refractivity contribution in [2.24, 2.45) is 0 Å². The lowest BCUT2D eigenvalue weighted by atomic mass is 9.91. The molecule has 25 heavy (non-hydrogen) atoms. The van der Waals surface area contributed by atoms with Gasteiger partial charge in [-0.15, -0.1) is 0 Å². The number of thioether (sulfide) groups is 1. The standard InChI is InChI=1S/C15H19N3O5S2/c1-25(22,23)18-7-6-17(14(18)20)13(19)16-9-15(21)10-24-8-11-4-2-3-5-12(11)15/h2-5,21H,6-10H2,1H3,(H,16,19). The molecule has 0 aliphatic carbocycles. The van der Waals surface area contributed by atoms with Crippen molar-refractivity contribution in [3.63, 3.8) is 0 Å². The highest BCUT2D eigenvalue weighted by Gasteiger charge is 2.40. The van der Waals surface area contributed by atoms with Crippen LogP contribution in [-0.4, -0.2) is 66.4 Å². The molecule has 2 aliphatic heterocycles. The van der Waals surface area contributed by atoms with Crippen LogP contribution in [0.5, 0.6) is 0 Å². The van der Waals surface area contributed by atoms with Crippen molar-refractivity contribution >= 4 is 33.8 Å². The predicted molar refractivity (Wildman–Crippen MR) is 93.6 cm³/mol. The Bertz CT molecular complexity index is 813. The van der Waals surface area contributed by atoms with Crippen molar-refractivity contribution in [3.05, 3.63) is 35.4 Å². The number of sulfonamides is 1. The third kappa shape index (κ3) is 3.46. The van der Waals surface area contributed by atoms with E-state index in [0.29, 0.717) is 10.1 Å². The van der Waals surface area contributed by atoms with E-state index >= 15 is 0 Å². The summed E-state index contributed by atoms with van der Waals surface area (Å²) < 4.78 is 23.7. The molecular weight excluding hydrogens is 366 g/mol. The quantitative estimate of drug-likeness (QED) is 0.786. The Kier molecular flexibility index (Phi) is 4.69. The number of carbonyl (C=O) groups is 2. The molecular formula is C15H19N3O5S2. The second-order valence-corrected chi connectivity index (χ2v) is 9.00. The van der Waals surface area contributed by atoms with E-state index in [1.807, 2.05) is 24.3 Å². The van der Waals surface area contributed by atoms with Crippen LogP contribution < -0.4 is 5.32 Å². The number of urea groups is 2. The van der Waals surface area contributed by atoms with Crippen molar-refractivity contribution in [1.29, 1.82) is 0 Å². The molecule has 0 aromatic heterocycles. The SMILES string of the molecule is CS(=O)(=O)N1CCN(C(=O)NCC2(O)CSCc3ccccc32)C1=O. The van der Waals surface area contributed by atoms with Crippen LogP contribution in [0.4, 0.5) is 9.59 Å². The number of fused-ring (bicyclic) bond motifs is 1. The van der Waals surface area contributed by atoms with E-state index in [0.717, 1.165) is 28.0 Å². The zero-order chi connectivity index (χ0) is 18.2. The molecule has 4 amide bonds. The van der Waals surface area contributed by atoms with Crippen molar-refractivity contribution in [2.75, 3.05) is 31.6 Å². The second-order valence-electron chi connectivity index (χ2n) is 6.11. The van der Waals surface area contributed by atoms with Gasteiger partial charge in [-0.3, -0.25) is 0 Å². The molecule has 10 heteroatoms. The molecule has 1 saturated heterocycles. The summed E-state index contributed by atoms with van der Waals surface area (Å²) in [6, 6.07) is 5.90. The maximum Gasteiger partial charge on any atom is 0.341 e. The number of imide groups is 1. The summed E-state index contributed by atoms with van der Waals surface area (Å²) >= 11 is 1.56. The van der Waals surface area contributed by atoms with E-state index in [-0.39, 0.29) is 19.6 Å². The molecule has 1 unspecified atom stereocenters. The molecule has 1 aromatic carbocycles. The van der Waals surface area contributed by atoms with Crippen LogP contribution in [0.3, 0.4) is 0 Å². The number of aliphatic hydroxyl groups is 1. The molecule has 2 N–H and O–H groups in total. The van der Waals surface area contributed by atoms with Gasteiger partial charge in [-0.05, 0) is 11.1 Å². The van der Waals surface area contributed by atoms with Gasteiger partial charge in [-0.1, -0.05) is 24.3 Å². The van der Waals surface area contributed by atoms with Crippen molar-refractivity contribution < 1.29 is 23.1 Å². The van der Waals surface area contributed by atoms with E-state index in [2.05, 4.69) is 5.32 Å². The first kappa shape index (κ1) is 18.0. The van der Waals surface area contributed by atoms with Crippen LogP contribution in [0.25, 0.3) is 0 Å². The molecule has 0 radical (unpaired) electrons. The molecule has 0 bridgehead atoms. The zero-order valence-electron chi connectivity index (χ0n) is 13.6. The lowest BCUT2D eigenvalue weighted by Crippen LogP contribution is -2.49.